The first-order valence-electron chi connectivity index (χ1n) is 11.5. The van der Waals surface area contributed by atoms with Crippen LogP contribution in [0.3, 0.4) is 0 Å². The molecule has 0 unspecified atom stereocenters. The number of anilines is 1. The molecule has 0 atom stereocenters. The van der Waals surface area contributed by atoms with Crippen LogP contribution in [0.25, 0.3) is 0 Å². The molecular weight excluding hydrogens is 372 g/mol. The lowest BCUT2D eigenvalue weighted by atomic mass is 9.84. The summed E-state index contributed by atoms with van der Waals surface area (Å²) >= 11 is 0. The monoisotopic (exact) mass is 404 g/mol. The zero-order chi connectivity index (χ0) is 20.7. The van der Waals surface area contributed by atoms with Crippen LogP contribution < -0.4 is 4.90 Å². The minimum atomic E-state index is 0.288. The van der Waals surface area contributed by atoms with E-state index in [1.807, 2.05) is 0 Å². The van der Waals surface area contributed by atoms with Gasteiger partial charge in [-0.2, -0.15) is 0 Å². The molecule has 30 heavy (non-hydrogen) atoms. The zero-order valence-corrected chi connectivity index (χ0v) is 18.2. The Bertz CT molecular complexity index is 940. The molecule has 5 heteroatoms. The molecule has 3 fully saturated rings. The summed E-state index contributed by atoms with van der Waals surface area (Å²) in [6, 6.07) is 8.72. The molecule has 0 N–H and O–H groups in total. The van der Waals surface area contributed by atoms with Crippen molar-refractivity contribution >= 4 is 11.7 Å². The second kappa shape index (κ2) is 8.01. The maximum absolute atomic E-state index is 12.7. The molecule has 1 amide bonds. The van der Waals surface area contributed by atoms with E-state index >= 15 is 0 Å². The Morgan fingerprint density at radius 3 is 2.43 bits per heavy atom. The summed E-state index contributed by atoms with van der Waals surface area (Å²) in [5.41, 5.74) is 4.94. The van der Waals surface area contributed by atoms with Gasteiger partial charge < -0.3 is 9.80 Å². The SMILES string of the molecule is Cc1cccc(Cc2c(C)nc(C3CC3)nc2N2CCN(C(=O)C3CCC3)CC2)c1. The summed E-state index contributed by atoms with van der Waals surface area (Å²) in [4.78, 5) is 27.1. The minimum Gasteiger partial charge on any atom is -0.353 e. The van der Waals surface area contributed by atoms with Gasteiger partial charge in [0.05, 0.1) is 0 Å². The van der Waals surface area contributed by atoms with Crippen molar-refractivity contribution in [2.24, 2.45) is 5.92 Å². The Morgan fingerprint density at radius 1 is 1.03 bits per heavy atom. The number of carbonyl (C=O) groups excluding carboxylic acids is 1. The molecule has 0 radical (unpaired) electrons. The van der Waals surface area contributed by atoms with Crippen LogP contribution in [0.5, 0.6) is 0 Å². The first-order valence-corrected chi connectivity index (χ1v) is 11.5. The van der Waals surface area contributed by atoms with Crippen molar-refractivity contribution in [3.8, 4) is 0 Å². The van der Waals surface area contributed by atoms with Gasteiger partial charge in [-0.1, -0.05) is 36.2 Å². The van der Waals surface area contributed by atoms with Crippen LogP contribution in [0, 0.1) is 19.8 Å². The fourth-order valence-corrected chi connectivity index (χ4v) is 4.67. The van der Waals surface area contributed by atoms with E-state index in [2.05, 4.69) is 47.9 Å². The Kier molecular flexibility index (Phi) is 5.21. The van der Waals surface area contributed by atoms with E-state index in [1.54, 1.807) is 0 Å². The van der Waals surface area contributed by atoms with Crippen LogP contribution in [0.1, 0.15) is 66.2 Å². The van der Waals surface area contributed by atoms with Crippen molar-refractivity contribution in [3.63, 3.8) is 0 Å². The molecule has 2 saturated carbocycles. The topological polar surface area (TPSA) is 49.3 Å². The van der Waals surface area contributed by atoms with Gasteiger partial charge in [-0.3, -0.25) is 4.79 Å². The molecule has 5 nitrogen and oxygen atoms in total. The number of piperazine rings is 1. The number of hydrogen-bond donors (Lipinski definition) is 0. The number of nitrogens with zero attached hydrogens (tertiary/aromatic N) is 4. The molecule has 2 aromatic rings. The van der Waals surface area contributed by atoms with Crippen LogP contribution in [0.2, 0.25) is 0 Å². The Hall–Kier alpha value is -2.43. The van der Waals surface area contributed by atoms with Gasteiger partial charge >= 0.3 is 0 Å². The molecule has 3 aliphatic rings. The van der Waals surface area contributed by atoms with Crippen LogP contribution in [-0.4, -0.2) is 47.0 Å². The predicted molar refractivity (Wildman–Crippen MR) is 119 cm³/mol. The molecule has 2 aliphatic carbocycles. The third-order valence-electron chi connectivity index (χ3n) is 6.96. The molecule has 1 aliphatic heterocycles. The molecule has 1 aromatic carbocycles. The highest BCUT2D eigenvalue weighted by Crippen LogP contribution is 2.40. The summed E-state index contributed by atoms with van der Waals surface area (Å²) < 4.78 is 0. The van der Waals surface area contributed by atoms with E-state index < -0.39 is 0 Å². The number of rotatable bonds is 5. The van der Waals surface area contributed by atoms with Crippen molar-refractivity contribution in [1.82, 2.24) is 14.9 Å². The third-order valence-corrected chi connectivity index (χ3v) is 6.96. The average Bonchev–Trinajstić information content (AvgIpc) is 3.53. The summed E-state index contributed by atoms with van der Waals surface area (Å²) in [7, 11) is 0. The van der Waals surface area contributed by atoms with Gasteiger partial charge in [-0.25, -0.2) is 9.97 Å². The van der Waals surface area contributed by atoms with E-state index in [0.717, 1.165) is 62.8 Å². The van der Waals surface area contributed by atoms with Gasteiger partial charge in [0.25, 0.3) is 0 Å². The lowest BCUT2D eigenvalue weighted by molar-refractivity contribution is -0.138. The van der Waals surface area contributed by atoms with Crippen LogP contribution in [0.15, 0.2) is 24.3 Å². The molecule has 5 rings (SSSR count). The van der Waals surface area contributed by atoms with Gasteiger partial charge in [0, 0.05) is 55.7 Å². The van der Waals surface area contributed by atoms with Crippen molar-refractivity contribution in [2.45, 2.75) is 58.3 Å². The highest BCUT2D eigenvalue weighted by Gasteiger charge is 2.33. The van der Waals surface area contributed by atoms with Crippen molar-refractivity contribution in [2.75, 3.05) is 31.1 Å². The maximum atomic E-state index is 12.7. The second-order valence-electron chi connectivity index (χ2n) is 9.35. The first-order chi connectivity index (χ1) is 14.6. The maximum Gasteiger partial charge on any atom is 0.225 e. The second-order valence-corrected chi connectivity index (χ2v) is 9.35. The van der Waals surface area contributed by atoms with Crippen LogP contribution in [0.4, 0.5) is 5.82 Å². The Balaban J connectivity index is 1.39. The number of aromatic nitrogens is 2. The van der Waals surface area contributed by atoms with E-state index in [1.165, 1.54) is 36.0 Å². The van der Waals surface area contributed by atoms with E-state index in [9.17, 15) is 4.79 Å². The summed E-state index contributed by atoms with van der Waals surface area (Å²) in [5.74, 6) is 3.32. The standard InChI is InChI=1S/C25H32N4O/c1-17-5-3-6-19(15-17)16-22-18(2)26-23(20-9-10-20)27-24(22)28-11-13-29(14-12-28)25(30)21-7-4-8-21/h3,5-6,15,20-21H,4,7-14,16H2,1-2H3. The zero-order valence-electron chi connectivity index (χ0n) is 18.2. The highest BCUT2D eigenvalue weighted by molar-refractivity contribution is 5.80. The van der Waals surface area contributed by atoms with Gasteiger partial charge in [-0.05, 0) is 45.1 Å². The molecule has 0 bridgehead atoms. The van der Waals surface area contributed by atoms with Crippen molar-refractivity contribution in [3.05, 3.63) is 52.5 Å². The first kappa shape index (κ1) is 19.5. The minimum absolute atomic E-state index is 0.288. The molecule has 1 aromatic heterocycles. The summed E-state index contributed by atoms with van der Waals surface area (Å²) in [6.07, 6.45) is 6.64. The van der Waals surface area contributed by atoms with Crippen LogP contribution >= 0.6 is 0 Å². The molecule has 1 saturated heterocycles. The lowest BCUT2D eigenvalue weighted by Crippen LogP contribution is -2.51. The Morgan fingerprint density at radius 2 is 1.80 bits per heavy atom. The van der Waals surface area contributed by atoms with Gasteiger partial charge in [0.15, 0.2) is 0 Å². The molecular formula is C25H32N4O. The highest BCUT2D eigenvalue weighted by atomic mass is 16.2. The largest absolute Gasteiger partial charge is 0.353 e. The average molecular weight is 405 g/mol. The van der Waals surface area contributed by atoms with E-state index in [-0.39, 0.29) is 5.92 Å². The Labute approximate surface area is 179 Å². The number of aryl methyl sites for hydroxylation is 2. The predicted octanol–water partition coefficient (Wildman–Crippen LogP) is 4.01. The summed E-state index contributed by atoms with van der Waals surface area (Å²) in [5, 5.41) is 0. The summed E-state index contributed by atoms with van der Waals surface area (Å²) in [6.45, 7) is 7.61. The van der Waals surface area contributed by atoms with E-state index in [4.69, 9.17) is 9.97 Å². The number of benzene rings is 1. The fraction of sp³-hybridized carbons (Fsp3) is 0.560. The van der Waals surface area contributed by atoms with Gasteiger partial charge in [0.2, 0.25) is 5.91 Å². The van der Waals surface area contributed by atoms with E-state index in [0.29, 0.717) is 11.8 Å². The van der Waals surface area contributed by atoms with Crippen molar-refractivity contribution < 1.29 is 4.79 Å². The van der Waals surface area contributed by atoms with Gasteiger partial charge in [-0.15, -0.1) is 0 Å². The molecule has 2 heterocycles. The van der Waals surface area contributed by atoms with Crippen LogP contribution in [-0.2, 0) is 11.2 Å². The number of amides is 1. The number of hydrogen-bond acceptors (Lipinski definition) is 4. The molecule has 0 spiro atoms. The van der Waals surface area contributed by atoms with Crippen molar-refractivity contribution in [1.29, 1.82) is 0 Å². The fourth-order valence-electron chi connectivity index (χ4n) is 4.67. The molecule has 158 valence electrons. The third kappa shape index (κ3) is 3.94. The van der Waals surface area contributed by atoms with Gasteiger partial charge in [0.1, 0.15) is 11.6 Å². The lowest BCUT2D eigenvalue weighted by Gasteiger charge is -2.39. The smallest absolute Gasteiger partial charge is 0.225 e. The number of carbonyl (C=O) groups is 1. The quantitative estimate of drug-likeness (QED) is 0.756. The normalized spacial score (nSPS) is 19.7.